The summed E-state index contributed by atoms with van der Waals surface area (Å²) in [5, 5.41) is 13.3. The van der Waals surface area contributed by atoms with Gasteiger partial charge in [-0.05, 0) is 47.5 Å². The van der Waals surface area contributed by atoms with Crippen molar-refractivity contribution < 1.29 is 9.90 Å². The summed E-state index contributed by atoms with van der Waals surface area (Å²) in [6.07, 6.45) is 6.15. The molecule has 0 fully saturated rings. The summed E-state index contributed by atoms with van der Waals surface area (Å²) in [6, 6.07) is 5.35. The van der Waals surface area contributed by atoms with E-state index in [-0.39, 0.29) is 0 Å². The third-order valence-electron chi connectivity index (χ3n) is 3.59. The van der Waals surface area contributed by atoms with Crippen molar-refractivity contribution >= 4 is 39.2 Å². The van der Waals surface area contributed by atoms with E-state index in [0.717, 1.165) is 23.0 Å². The molecule has 1 rings (SSSR count). The van der Waals surface area contributed by atoms with Crippen LogP contribution >= 0.6 is 27.5 Å². The molecule has 0 heterocycles. The van der Waals surface area contributed by atoms with E-state index >= 15 is 0 Å². The highest BCUT2D eigenvalue weighted by molar-refractivity contribution is 9.10. The predicted molar refractivity (Wildman–Crippen MR) is 92.2 cm³/mol. The number of halogens is 2. The molecule has 0 saturated heterocycles. The summed E-state index contributed by atoms with van der Waals surface area (Å²) >= 11 is 9.31. The highest BCUT2D eigenvalue weighted by Gasteiger charge is 2.32. The summed E-state index contributed by atoms with van der Waals surface area (Å²) in [4.78, 5) is 11.6. The summed E-state index contributed by atoms with van der Waals surface area (Å²) in [5.41, 5.74) is -0.204. The van der Waals surface area contributed by atoms with E-state index in [2.05, 4.69) is 28.2 Å². The van der Waals surface area contributed by atoms with Crippen LogP contribution in [0.2, 0.25) is 5.02 Å². The van der Waals surface area contributed by atoms with Gasteiger partial charge in [-0.25, -0.2) is 4.79 Å². The number of aliphatic carboxylic acids is 1. The Morgan fingerprint density at radius 2 is 2.00 bits per heavy atom. The maximum absolute atomic E-state index is 11.6. The number of carbonyl (C=O) groups is 1. The molecule has 1 unspecified atom stereocenters. The Kier molecular flexibility index (Phi) is 7.53. The van der Waals surface area contributed by atoms with Gasteiger partial charge in [-0.3, -0.25) is 0 Å². The minimum Gasteiger partial charge on any atom is -0.480 e. The van der Waals surface area contributed by atoms with Gasteiger partial charge in [-0.15, -0.1) is 0 Å². The normalized spacial score (nSPS) is 13.7. The van der Waals surface area contributed by atoms with Crippen LogP contribution in [0.25, 0.3) is 0 Å². The number of rotatable bonds is 9. The molecular formula is C16H23BrClNO2. The number of hydrogen-bond donors (Lipinski definition) is 2. The number of nitrogens with one attached hydrogen (secondary N) is 1. The fraction of sp³-hybridized carbons (Fsp3) is 0.562. The third kappa shape index (κ3) is 5.87. The first-order valence-electron chi connectivity index (χ1n) is 7.35. The molecule has 0 aliphatic rings. The average molecular weight is 377 g/mol. The molecule has 0 radical (unpaired) electrons. The zero-order valence-electron chi connectivity index (χ0n) is 12.6. The Bertz CT molecular complexity index is 481. The Labute approximate surface area is 140 Å². The Morgan fingerprint density at radius 3 is 2.57 bits per heavy atom. The van der Waals surface area contributed by atoms with Crippen LogP contribution in [-0.4, -0.2) is 16.6 Å². The SMILES string of the molecule is CCCCCCCC(C)(Nc1ccc(Cl)c(Br)c1)C(=O)O. The van der Waals surface area contributed by atoms with Crippen LogP contribution in [0, 0.1) is 0 Å². The van der Waals surface area contributed by atoms with Crippen molar-refractivity contribution in [3.63, 3.8) is 0 Å². The molecule has 0 spiro atoms. The van der Waals surface area contributed by atoms with Crippen LogP contribution in [0.3, 0.4) is 0 Å². The van der Waals surface area contributed by atoms with Crippen molar-refractivity contribution in [2.45, 2.75) is 57.9 Å². The molecule has 21 heavy (non-hydrogen) atoms. The second kappa shape index (κ2) is 8.64. The zero-order chi connectivity index (χ0) is 15.9. The van der Waals surface area contributed by atoms with Gasteiger partial charge in [0.05, 0.1) is 5.02 Å². The number of hydrogen-bond acceptors (Lipinski definition) is 2. The minimum absolute atomic E-state index is 0.603. The Balaban J connectivity index is 2.66. The van der Waals surface area contributed by atoms with Crippen LogP contribution < -0.4 is 5.32 Å². The van der Waals surface area contributed by atoms with Crippen molar-refractivity contribution in [3.05, 3.63) is 27.7 Å². The van der Waals surface area contributed by atoms with E-state index in [4.69, 9.17) is 11.6 Å². The smallest absolute Gasteiger partial charge is 0.329 e. The van der Waals surface area contributed by atoms with Crippen molar-refractivity contribution in [2.75, 3.05) is 5.32 Å². The molecule has 2 N–H and O–H groups in total. The van der Waals surface area contributed by atoms with Gasteiger partial charge < -0.3 is 10.4 Å². The zero-order valence-corrected chi connectivity index (χ0v) is 14.9. The lowest BCUT2D eigenvalue weighted by molar-refractivity contribution is -0.142. The second-order valence-electron chi connectivity index (χ2n) is 5.56. The van der Waals surface area contributed by atoms with E-state index in [1.54, 1.807) is 25.1 Å². The molecule has 118 valence electrons. The molecule has 0 aliphatic carbocycles. The topological polar surface area (TPSA) is 49.3 Å². The molecule has 1 aromatic rings. The van der Waals surface area contributed by atoms with Crippen LogP contribution in [-0.2, 0) is 4.79 Å². The molecule has 1 atom stereocenters. The highest BCUT2D eigenvalue weighted by atomic mass is 79.9. The number of carboxylic acids is 1. The van der Waals surface area contributed by atoms with Gasteiger partial charge in [0.25, 0.3) is 0 Å². The van der Waals surface area contributed by atoms with Gasteiger partial charge >= 0.3 is 5.97 Å². The highest BCUT2D eigenvalue weighted by Crippen LogP contribution is 2.28. The second-order valence-corrected chi connectivity index (χ2v) is 6.82. The monoisotopic (exact) mass is 375 g/mol. The predicted octanol–water partition coefficient (Wildman–Crippen LogP) is 5.72. The summed E-state index contributed by atoms with van der Waals surface area (Å²) in [5.74, 6) is -0.830. The van der Waals surface area contributed by atoms with Crippen molar-refractivity contribution in [2.24, 2.45) is 0 Å². The number of benzene rings is 1. The summed E-state index contributed by atoms with van der Waals surface area (Å²) < 4.78 is 0.754. The van der Waals surface area contributed by atoms with Crippen molar-refractivity contribution in [1.29, 1.82) is 0 Å². The lowest BCUT2D eigenvalue weighted by Gasteiger charge is -2.27. The average Bonchev–Trinajstić information content (AvgIpc) is 2.42. The lowest BCUT2D eigenvalue weighted by atomic mass is 9.93. The summed E-state index contributed by atoms with van der Waals surface area (Å²) in [6.45, 7) is 3.90. The maximum Gasteiger partial charge on any atom is 0.329 e. The molecule has 0 aliphatic heterocycles. The Morgan fingerprint density at radius 1 is 1.33 bits per heavy atom. The van der Waals surface area contributed by atoms with E-state index in [9.17, 15) is 9.90 Å². The number of unbranched alkanes of at least 4 members (excludes halogenated alkanes) is 4. The minimum atomic E-state index is -0.959. The fourth-order valence-corrected chi connectivity index (χ4v) is 2.69. The van der Waals surface area contributed by atoms with Gasteiger partial charge in [0.1, 0.15) is 5.54 Å². The van der Waals surface area contributed by atoms with Gasteiger partial charge in [0.2, 0.25) is 0 Å². The molecule has 0 aromatic heterocycles. The molecule has 0 amide bonds. The van der Waals surface area contributed by atoms with Crippen LogP contribution in [0.5, 0.6) is 0 Å². The molecule has 1 aromatic carbocycles. The first kappa shape index (κ1) is 18.3. The third-order valence-corrected chi connectivity index (χ3v) is 4.81. The van der Waals surface area contributed by atoms with Gasteiger partial charge in [0, 0.05) is 10.2 Å². The van der Waals surface area contributed by atoms with Gasteiger partial charge in [0.15, 0.2) is 0 Å². The van der Waals surface area contributed by atoms with Crippen LogP contribution in [0.15, 0.2) is 22.7 Å². The van der Waals surface area contributed by atoms with Gasteiger partial charge in [-0.1, -0.05) is 50.6 Å². The standard InChI is InChI=1S/C16H23BrClNO2/c1-3-4-5-6-7-10-16(2,15(20)21)19-12-8-9-14(18)13(17)11-12/h8-9,11,19H,3-7,10H2,1-2H3,(H,20,21). The largest absolute Gasteiger partial charge is 0.480 e. The van der Waals surface area contributed by atoms with Gasteiger partial charge in [-0.2, -0.15) is 0 Å². The number of anilines is 1. The molecule has 0 saturated carbocycles. The van der Waals surface area contributed by atoms with Crippen molar-refractivity contribution in [3.8, 4) is 0 Å². The number of carboxylic acid groups (broad SMARTS) is 1. The van der Waals surface area contributed by atoms with Crippen LogP contribution in [0.4, 0.5) is 5.69 Å². The molecule has 0 bridgehead atoms. The summed E-state index contributed by atoms with van der Waals surface area (Å²) in [7, 11) is 0. The van der Waals surface area contributed by atoms with Crippen molar-refractivity contribution in [1.82, 2.24) is 0 Å². The first-order chi connectivity index (χ1) is 9.89. The fourth-order valence-electron chi connectivity index (χ4n) is 2.20. The molecular weight excluding hydrogens is 354 g/mol. The van der Waals surface area contributed by atoms with E-state index < -0.39 is 11.5 Å². The molecule has 5 heteroatoms. The quantitative estimate of drug-likeness (QED) is 0.542. The lowest BCUT2D eigenvalue weighted by Crippen LogP contribution is -2.43. The van der Waals surface area contributed by atoms with Crippen LogP contribution in [0.1, 0.15) is 52.4 Å². The van der Waals surface area contributed by atoms with E-state index in [0.29, 0.717) is 11.4 Å². The first-order valence-corrected chi connectivity index (χ1v) is 8.53. The maximum atomic E-state index is 11.6. The van der Waals surface area contributed by atoms with E-state index in [1.165, 1.54) is 19.3 Å². The Hall–Kier alpha value is -0.740. The van der Waals surface area contributed by atoms with E-state index in [1.807, 2.05) is 0 Å². The molecule has 3 nitrogen and oxygen atoms in total.